The van der Waals surface area contributed by atoms with Gasteiger partial charge >= 0.3 is 11.9 Å². The van der Waals surface area contributed by atoms with Crippen LogP contribution in [0, 0.1) is 0 Å². The topological polar surface area (TPSA) is 101 Å². The maximum Gasteiger partial charge on any atom is 0.336 e. The minimum absolute atomic E-state index is 0.0716. The predicted molar refractivity (Wildman–Crippen MR) is 167 cm³/mol. The van der Waals surface area contributed by atoms with Crippen molar-refractivity contribution in [2.24, 2.45) is 0 Å². The summed E-state index contributed by atoms with van der Waals surface area (Å²) in [6, 6.07) is 17.9. The van der Waals surface area contributed by atoms with Gasteiger partial charge in [0, 0.05) is 47.8 Å². The van der Waals surface area contributed by atoms with Crippen molar-refractivity contribution in [2.75, 3.05) is 46.4 Å². The van der Waals surface area contributed by atoms with Crippen molar-refractivity contribution in [1.82, 2.24) is 15.1 Å². The van der Waals surface area contributed by atoms with Gasteiger partial charge in [0.2, 0.25) is 0 Å². The molecule has 2 aromatic carbocycles. The summed E-state index contributed by atoms with van der Waals surface area (Å²) in [7, 11) is 3.08. The number of carbonyl (C=O) groups excluding carboxylic acids is 2. The number of methoxy groups -OCH3 is 2. The van der Waals surface area contributed by atoms with Crippen LogP contribution in [0.2, 0.25) is 0 Å². The Labute approximate surface area is 257 Å². The number of hydrogen-bond acceptors (Lipinski definition) is 9. The van der Waals surface area contributed by atoms with Crippen LogP contribution in [0.15, 0.2) is 88.2 Å². The lowest BCUT2D eigenvalue weighted by Crippen LogP contribution is -2.33. The Bertz CT molecular complexity index is 1420. The number of rotatable bonds is 14. The van der Waals surface area contributed by atoms with Crippen molar-refractivity contribution >= 4 is 23.7 Å². The largest absolute Gasteiger partial charge is 0.460 e. The number of carbonyl (C=O) groups is 2. The number of allylic oxidation sites excluding steroid dienone is 2. The van der Waals surface area contributed by atoms with E-state index in [2.05, 4.69) is 24.4 Å². The summed E-state index contributed by atoms with van der Waals surface area (Å²) in [4.78, 5) is 28.5. The molecule has 0 atom stereocenters. The van der Waals surface area contributed by atoms with Crippen molar-refractivity contribution in [1.29, 1.82) is 0 Å². The molecule has 0 radical (unpaired) electrons. The van der Waals surface area contributed by atoms with Gasteiger partial charge in [-0.05, 0) is 50.3 Å². The van der Waals surface area contributed by atoms with Gasteiger partial charge in [-0.2, -0.15) is 5.10 Å². The molecular formula is C33H39N3O6S. The molecule has 1 N–H and O–H groups in total. The van der Waals surface area contributed by atoms with Crippen LogP contribution in [0.5, 0.6) is 0 Å². The molecule has 0 spiro atoms. The number of dihydropyridines is 1. The van der Waals surface area contributed by atoms with Crippen molar-refractivity contribution < 1.29 is 28.5 Å². The third-order valence-corrected chi connectivity index (χ3v) is 8.13. The molecule has 10 heteroatoms. The van der Waals surface area contributed by atoms with E-state index in [1.165, 1.54) is 0 Å². The van der Waals surface area contributed by atoms with E-state index in [0.717, 1.165) is 28.3 Å². The number of aromatic nitrogens is 2. The van der Waals surface area contributed by atoms with Gasteiger partial charge in [0.15, 0.2) is 0 Å². The van der Waals surface area contributed by atoms with E-state index >= 15 is 0 Å². The van der Waals surface area contributed by atoms with Gasteiger partial charge in [-0.3, -0.25) is 0 Å². The van der Waals surface area contributed by atoms with Crippen molar-refractivity contribution in [3.8, 4) is 16.9 Å². The van der Waals surface area contributed by atoms with Gasteiger partial charge < -0.3 is 24.3 Å². The number of nitrogens with one attached hydrogen (secondary N) is 1. The fraction of sp³-hybridized carbons (Fsp3) is 0.364. The van der Waals surface area contributed by atoms with Crippen LogP contribution in [0.1, 0.15) is 38.7 Å². The van der Waals surface area contributed by atoms with Crippen LogP contribution in [-0.4, -0.2) is 68.1 Å². The molecule has 1 aliphatic rings. The summed E-state index contributed by atoms with van der Waals surface area (Å²) >= 11 is 1.80. The molecule has 0 fully saturated rings. The number of ether oxygens (including phenoxy) is 4. The molecule has 9 nitrogen and oxygen atoms in total. The summed E-state index contributed by atoms with van der Waals surface area (Å²) in [5, 5.41) is 8.22. The Morgan fingerprint density at radius 3 is 1.98 bits per heavy atom. The smallest absolute Gasteiger partial charge is 0.336 e. The number of benzene rings is 2. The van der Waals surface area contributed by atoms with E-state index in [1.807, 2.05) is 48.7 Å². The molecule has 0 saturated heterocycles. The number of thioether (sulfide) groups is 1. The van der Waals surface area contributed by atoms with E-state index in [4.69, 9.17) is 24.0 Å². The molecule has 3 aromatic rings. The molecule has 0 bridgehead atoms. The Morgan fingerprint density at radius 2 is 1.44 bits per heavy atom. The van der Waals surface area contributed by atoms with Gasteiger partial charge in [-0.25, -0.2) is 14.3 Å². The summed E-state index contributed by atoms with van der Waals surface area (Å²) in [5.41, 5.74) is 4.82. The van der Waals surface area contributed by atoms with Gasteiger partial charge in [-0.15, -0.1) is 11.8 Å². The van der Waals surface area contributed by atoms with Crippen LogP contribution >= 0.6 is 11.8 Å². The number of para-hydroxylation sites is 1. The van der Waals surface area contributed by atoms with E-state index in [0.29, 0.717) is 33.8 Å². The van der Waals surface area contributed by atoms with E-state index in [1.54, 1.807) is 44.5 Å². The van der Waals surface area contributed by atoms with Gasteiger partial charge in [0.05, 0.1) is 41.7 Å². The molecule has 1 aliphatic heterocycles. The highest BCUT2D eigenvalue weighted by Crippen LogP contribution is 2.43. The molecular weight excluding hydrogens is 566 g/mol. The lowest BCUT2D eigenvalue weighted by atomic mass is 9.79. The molecule has 43 heavy (non-hydrogen) atoms. The van der Waals surface area contributed by atoms with E-state index < -0.39 is 17.9 Å². The Balaban J connectivity index is 1.90. The zero-order chi connectivity index (χ0) is 30.8. The molecule has 0 amide bonds. The molecule has 4 rings (SSSR count). The highest BCUT2D eigenvalue weighted by molar-refractivity contribution is 7.99. The van der Waals surface area contributed by atoms with E-state index in [-0.39, 0.29) is 26.4 Å². The molecule has 228 valence electrons. The summed E-state index contributed by atoms with van der Waals surface area (Å²) in [5.74, 6) is -0.884. The van der Waals surface area contributed by atoms with Crippen LogP contribution in [0.3, 0.4) is 0 Å². The quantitative estimate of drug-likeness (QED) is 0.142. The molecule has 1 aromatic heterocycles. The molecule has 2 heterocycles. The predicted octanol–water partition coefficient (Wildman–Crippen LogP) is 5.66. The summed E-state index contributed by atoms with van der Waals surface area (Å²) in [6.07, 6.45) is 2.96. The highest BCUT2D eigenvalue weighted by atomic mass is 32.2. The maximum absolute atomic E-state index is 13.7. The average molecular weight is 606 g/mol. The Kier molecular flexibility index (Phi) is 11.6. The second-order valence-electron chi connectivity index (χ2n) is 9.98. The van der Waals surface area contributed by atoms with E-state index in [9.17, 15) is 9.59 Å². The first-order chi connectivity index (χ1) is 20.9. The normalized spacial score (nSPS) is 13.7. The SMILES string of the molecule is CCCSc1ccc(-c2nn(-c3ccccc3)cc2C2C(C(=O)OCCOC)=C(C)NC(C)=C2C(=O)OCCOC)cc1. The van der Waals surface area contributed by atoms with Crippen LogP contribution in [0.25, 0.3) is 16.9 Å². The number of esters is 2. The standard InChI is InChI=1S/C33H39N3O6S/c1-6-20-43-26-14-12-24(13-15-26)31-27(21-36(35-31)25-10-8-7-9-11-25)30-28(32(37)41-18-16-39-4)22(2)34-23(3)29(30)33(38)42-19-17-40-5/h7-15,21,30,34H,6,16-20H2,1-5H3. The van der Waals surface area contributed by atoms with Crippen LogP contribution in [0.4, 0.5) is 0 Å². The van der Waals surface area contributed by atoms with Gasteiger partial charge in [0.25, 0.3) is 0 Å². The first-order valence-corrected chi connectivity index (χ1v) is 15.3. The number of hydrogen-bond donors (Lipinski definition) is 1. The van der Waals surface area contributed by atoms with Gasteiger partial charge in [-0.1, -0.05) is 37.3 Å². The fourth-order valence-corrected chi connectivity index (χ4v) is 5.67. The monoisotopic (exact) mass is 605 g/mol. The Morgan fingerprint density at radius 1 is 0.860 bits per heavy atom. The first-order valence-electron chi connectivity index (χ1n) is 14.3. The Hall–Kier alpha value is -3.86. The maximum atomic E-state index is 13.7. The van der Waals surface area contributed by atoms with Crippen molar-refractivity contribution in [3.05, 3.63) is 88.9 Å². The van der Waals surface area contributed by atoms with Crippen LogP contribution in [-0.2, 0) is 28.5 Å². The molecule has 0 aliphatic carbocycles. The first kappa shape index (κ1) is 32.1. The van der Waals surface area contributed by atoms with Gasteiger partial charge in [0.1, 0.15) is 13.2 Å². The molecule has 0 unspecified atom stereocenters. The second-order valence-corrected chi connectivity index (χ2v) is 11.1. The highest BCUT2D eigenvalue weighted by Gasteiger charge is 2.40. The minimum atomic E-state index is -0.812. The molecule has 0 saturated carbocycles. The second kappa shape index (κ2) is 15.6. The lowest BCUT2D eigenvalue weighted by molar-refractivity contribution is -0.141. The number of nitrogens with zero attached hydrogens (tertiary/aromatic N) is 2. The third-order valence-electron chi connectivity index (χ3n) is 6.92. The zero-order valence-corrected chi connectivity index (χ0v) is 26.2. The third kappa shape index (κ3) is 7.76. The lowest BCUT2D eigenvalue weighted by Gasteiger charge is -2.30. The minimum Gasteiger partial charge on any atom is -0.460 e. The van der Waals surface area contributed by atoms with Crippen molar-refractivity contribution in [3.63, 3.8) is 0 Å². The zero-order valence-electron chi connectivity index (χ0n) is 25.3. The summed E-state index contributed by atoms with van der Waals surface area (Å²) in [6.45, 7) is 6.40. The fourth-order valence-electron chi connectivity index (χ4n) is 4.90. The van der Waals surface area contributed by atoms with Crippen molar-refractivity contribution in [2.45, 2.75) is 38.0 Å². The van der Waals surface area contributed by atoms with Crippen LogP contribution < -0.4 is 5.32 Å². The average Bonchev–Trinajstić information content (AvgIpc) is 3.46. The summed E-state index contributed by atoms with van der Waals surface area (Å²) < 4.78 is 23.2.